The van der Waals surface area contributed by atoms with Crippen molar-refractivity contribution >= 4 is 22.7 Å². The second kappa shape index (κ2) is 6.11. The molecule has 0 bridgehead atoms. The van der Waals surface area contributed by atoms with Crippen molar-refractivity contribution < 1.29 is 9.15 Å². The number of thioether (sulfide) groups is 1. The predicted molar refractivity (Wildman–Crippen MR) is 78.8 cm³/mol. The minimum atomic E-state index is 0.543. The highest BCUT2D eigenvalue weighted by Gasteiger charge is 2.13. The van der Waals surface area contributed by atoms with E-state index < -0.39 is 0 Å². The molecule has 0 fully saturated rings. The molecule has 2 aromatic heterocycles. The molecule has 0 atom stereocenters. The predicted octanol–water partition coefficient (Wildman–Crippen LogP) is 3.35. The fourth-order valence-corrected chi connectivity index (χ4v) is 2.57. The lowest BCUT2D eigenvalue weighted by atomic mass is 10.2. The summed E-state index contributed by atoms with van der Waals surface area (Å²) in [6.07, 6.45) is 1.90. The summed E-state index contributed by atoms with van der Waals surface area (Å²) in [5.41, 5.74) is 2.00. The van der Waals surface area contributed by atoms with Gasteiger partial charge in [0.15, 0.2) is 0 Å². The number of hydrogen-bond acceptors (Lipinski definition) is 5. The lowest BCUT2D eigenvalue weighted by molar-refractivity contribution is 0.164. The van der Waals surface area contributed by atoms with Crippen LogP contribution in [0, 0.1) is 0 Å². The lowest BCUT2D eigenvalue weighted by Gasteiger charge is -1.97. The second-order valence-corrected chi connectivity index (χ2v) is 5.21. The van der Waals surface area contributed by atoms with Gasteiger partial charge in [-0.05, 0) is 13.0 Å². The van der Waals surface area contributed by atoms with Crippen molar-refractivity contribution in [2.75, 3.05) is 19.0 Å². The molecule has 5 nitrogen and oxygen atoms in total. The van der Waals surface area contributed by atoms with E-state index in [0.29, 0.717) is 17.7 Å². The molecule has 0 aliphatic carbocycles. The first-order valence-electron chi connectivity index (χ1n) is 6.49. The van der Waals surface area contributed by atoms with Gasteiger partial charge < -0.3 is 14.1 Å². The number of nitrogens with zero attached hydrogens (tertiary/aromatic N) is 2. The minimum Gasteiger partial charge on any atom is -0.411 e. The summed E-state index contributed by atoms with van der Waals surface area (Å²) in [7, 11) is 0. The van der Waals surface area contributed by atoms with E-state index in [-0.39, 0.29) is 0 Å². The van der Waals surface area contributed by atoms with Crippen molar-refractivity contribution in [1.29, 1.82) is 0 Å². The van der Waals surface area contributed by atoms with E-state index in [9.17, 15) is 0 Å². The molecule has 3 rings (SSSR count). The van der Waals surface area contributed by atoms with Gasteiger partial charge in [-0.25, -0.2) is 0 Å². The van der Waals surface area contributed by atoms with Gasteiger partial charge in [0.05, 0.1) is 12.2 Å². The maximum atomic E-state index is 5.68. The molecule has 0 radical (unpaired) electrons. The van der Waals surface area contributed by atoms with Crippen LogP contribution < -0.4 is 0 Å². The van der Waals surface area contributed by atoms with Crippen LogP contribution >= 0.6 is 11.8 Å². The first kappa shape index (κ1) is 13.2. The summed E-state index contributed by atoms with van der Waals surface area (Å²) in [4.78, 5) is 3.20. The molecule has 0 aliphatic rings. The van der Waals surface area contributed by atoms with Crippen molar-refractivity contribution in [2.45, 2.75) is 12.1 Å². The second-order valence-electron chi connectivity index (χ2n) is 4.17. The number of aromatic amines is 1. The van der Waals surface area contributed by atoms with E-state index in [2.05, 4.69) is 15.2 Å². The van der Waals surface area contributed by atoms with Crippen LogP contribution in [0.5, 0.6) is 0 Å². The molecule has 0 aliphatic heterocycles. The van der Waals surface area contributed by atoms with E-state index >= 15 is 0 Å². The van der Waals surface area contributed by atoms with Crippen molar-refractivity contribution in [3.05, 3.63) is 30.5 Å². The van der Waals surface area contributed by atoms with Crippen LogP contribution in [0.4, 0.5) is 0 Å². The molecule has 0 saturated carbocycles. The van der Waals surface area contributed by atoms with Crippen LogP contribution in [0.25, 0.3) is 22.4 Å². The van der Waals surface area contributed by atoms with Crippen LogP contribution in [0.3, 0.4) is 0 Å². The highest BCUT2D eigenvalue weighted by molar-refractivity contribution is 7.99. The molecule has 0 spiro atoms. The molecule has 20 heavy (non-hydrogen) atoms. The van der Waals surface area contributed by atoms with Gasteiger partial charge in [0.25, 0.3) is 11.1 Å². The molecule has 3 aromatic rings. The van der Waals surface area contributed by atoms with Crippen LogP contribution in [-0.2, 0) is 4.74 Å². The van der Waals surface area contributed by atoms with Crippen LogP contribution in [0.1, 0.15) is 6.92 Å². The summed E-state index contributed by atoms with van der Waals surface area (Å²) in [5, 5.41) is 9.82. The molecular weight excluding hydrogens is 274 g/mol. The van der Waals surface area contributed by atoms with Gasteiger partial charge in [0.2, 0.25) is 0 Å². The summed E-state index contributed by atoms with van der Waals surface area (Å²) in [6, 6.07) is 8.04. The van der Waals surface area contributed by atoms with E-state index in [1.165, 1.54) is 11.8 Å². The van der Waals surface area contributed by atoms with E-state index in [4.69, 9.17) is 9.15 Å². The van der Waals surface area contributed by atoms with Gasteiger partial charge in [0, 0.05) is 29.5 Å². The Hall–Kier alpha value is -1.79. The molecule has 0 unspecified atom stereocenters. The number of ether oxygens (including phenoxy) is 1. The zero-order chi connectivity index (χ0) is 13.8. The highest BCUT2D eigenvalue weighted by atomic mass is 32.2. The summed E-state index contributed by atoms with van der Waals surface area (Å²) in [5.74, 6) is 1.35. The standard InChI is InChI=1S/C14H15N3O2S/c1-2-18-7-8-20-14-17-16-13(19-14)11-9-15-12-6-4-3-5-10(11)12/h3-6,9,15H,2,7-8H2,1H3. The van der Waals surface area contributed by atoms with Crippen LogP contribution in [-0.4, -0.2) is 34.1 Å². The third-order valence-electron chi connectivity index (χ3n) is 2.88. The lowest BCUT2D eigenvalue weighted by Crippen LogP contribution is -1.95. The number of para-hydroxylation sites is 1. The number of hydrogen-bond donors (Lipinski definition) is 1. The normalized spacial score (nSPS) is 11.2. The topological polar surface area (TPSA) is 63.9 Å². The maximum Gasteiger partial charge on any atom is 0.276 e. The number of benzene rings is 1. The molecule has 6 heteroatoms. The summed E-state index contributed by atoms with van der Waals surface area (Å²) in [6.45, 7) is 3.39. The fourth-order valence-electron chi connectivity index (χ4n) is 1.96. The SMILES string of the molecule is CCOCCSc1nnc(-c2c[nH]c3ccccc23)o1. The van der Waals surface area contributed by atoms with E-state index in [1.807, 2.05) is 37.4 Å². The molecule has 0 saturated heterocycles. The number of rotatable bonds is 6. The third-order valence-corrected chi connectivity index (χ3v) is 3.67. The van der Waals surface area contributed by atoms with Gasteiger partial charge in [-0.2, -0.15) is 0 Å². The summed E-state index contributed by atoms with van der Waals surface area (Å²) >= 11 is 1.51. The number of aromatic nitrogens is 3. The van der Waals surface area contributed by atoms with Gasteiger partial charge >= 0.3 is 0 Å². The Balaban J connectivity index is 1.76. The van der Waals surface area contributed by atoms with E-state index in [0.717, 1.165) is 28.8 Å². The quantitative estimate of drug-likeness (QED) is 0.557. The molecule has 1 N–H and O–H groups in total. The van der Waals surface area contributed by atoms with E-state index in [1.54, 1.807) is 0 Å². The van der Waals surface area contributed by atoms with Crippen LogP contribution in [0.2, 0.25) is 0 Å². The smallest absolute Gasteiger partial charge is 0.276 e. The molecule has 2 heterocycles. The van der Waals surface area contributed by atoms with Crippen LogP contribution in [0.15, 0.2) is 40.1 Å². The average molecular weight is 289 g/mol. The van der Waals surface area contributed by atoms with Crippen molar-refractivity contribution in [1.82, 2.24) is 15.2 Å². The Morgan fingerprint density at radius 2 is 2.20 bits per heavy atom. The first-order valence-corrected chi connectivity index (χ1v) is 7.47. The average Bonchev–Trinajstić information content (AvgIpc) is 3.10. The Kier molecular flexibility index (Phi) is 4.03. The van der Waals surface area contributed by atoms with Crippen molar-refractivity contribution in [2.24, 2.45) is 0 Å². The Bertz CT molecular complexity index is 692. The maximum absolute atomic E-state index is 5.68. The van der Waals surface area contributed by atoms with Gasteiger partial charge in [-0.3, -0.25) is 0 Å². The van der Waals surface area contributed by atoms with Crippen molar-refractivity contribution in [3.63, 3.8) is 0 Å². The van der Waals surface area contributed by atoms with Crippen molar-refractivity contribution in [3.8, 4) is 11.5 Å². The molecule has 0 amide bonds. The minimum absolute atomic E-state index is 0.543. The number of H-pyrrole nitrogens is 1. The number of fused-ring (bicyclic) bond motifs is 1. The number of nitrogens with one attached hydrogen (secondary N) is 1. The van der Waals surface area contributed by atoms with Gasteiger partial charge in [-0.1, -0.05) is 30.0 Å². The monoisotopic (exact) mass is 289 g/mol. The highest BCUT2D eigenvalue weighted by Crippen LogP contribution is 2.29. The Morgan fingerprint density at radius 1 is 1.30 bits per heavy atom. The largest absolute Gasteiger partial charge is 0.411 e. The Labute approximate surface area is 120 Å². The molecule has 104 valence electrons. The fraction of sp³-hybridized carbons (Fsp3) is 0.286. The zero-order valence-corrected chi connectivity index (χ0v) is 11.9. The first-order chi connectivity index (χ1) is 9.88. The summed E-state index contributed by atoms with van der Waals surface area (Å²) < 4.78 is 11.0. The van der Waals surface area contributed by atoms with Gasteiger partial charge in [-0.15, -0.1) is 10.2 Å². The Morgan fingerprint density at radius 3 is 3.10 bits per heavy atom. The zero-order valence-electron chi connectivity index (χ0n) is 11.1. The third kappa shape index (κ3) is 2.71. The molecular formula is C14H15N3O2S. The molecule has 1 aromatic carbocycles. The van der Waals surface area contributed by atoms with Gasteiger partial charge in [0.1, 0.15) is 0 Å².